The maximum absolute atomic E-state index is 12.9. The molecule has 0 saturated carbocycles. The summed E-state index contributed by atoms with van der Waals surface area (Å²) in [4.78, 5) is 24.2. The third kappa shape index (κ3) is 4.97. The Kier molecular flexibility index (Phi) is 7.01. The van der Waals surface area contributed by atoms with Crippen molar-refractivity contribution >= 4 is 28.9 Å². The lowest BCUT2D eigenvalue weighted by Crippen LogP contribution is -2.33. The van der Waals surface area contributed by atoms with Crippen molar-refractivity contribution in [2.24, 2.45) is 0 Å². The minimum Gasteiger partial charge on any atom is -0.352 e. The maximum Gasteiger partial charge on any atom is 0.226 e. The van der Waals surface area contributed by atoms with Crippen LogP contribution in [0.4, 0.5) is 5.69 Å². The quantitative estimate of drug-likeness (QED) is 0.333. The number of nitrogens with zero attached hydrogens (tertiary/aromatic N) is 4. The van der Waals surface area contributed by atoms with Crippen molar-refractivity contribution in [2.75, 3.05) is 11.9 Å². The van der Waals surface area contributed by atoms with Gasteiger partial charge >= 0.3 is 0 Å². The molecule has 1 fully saturated rings. The van der Waals surface area contributed by atoms with Gasteiger partial charge in [-0.1, -0.05) is 30.3 Å². The van der Waals surface area contributed by atoms with E-state index in [9.17, 15) is 4.79 Å². The Morgan fingerprint density at radius 2 is 1.73 bits per heavy atom. The van der Waals surface area contributed by atoms with E-state index in [1.54, 1.807) is 12.4 Å². The average Bonchev–Trinajstić information content (AvgIpc) is 3.39. The van der Waals surface area contributed by atoms with Gasteiger partial charge in [0.15, 0.2) is 5.11 Å². The van der Waals surface area contributed by atoms with Gasteiger partial charge in [0, 0.05) is 42.4 Å². The van der Waals surface area contributed by atoms with E-state index >= 15 is 0 Å². The van der Waals surface area contributed by atoms with Gasteiger partial charge in [0.1, 0.15) is 5.82 Å². The van der Waals surface area contributed by atoms with Crippen LogP contribution in [0.3, 0.4) is 0 Å². The molecule has 5 rings (SSSR count). The zero-order valence-corrected chi connectivity index (χ0v) is 22.0. The smallest absolute Gasteiger partial charge is 0.226 e. The number of hydrogen-bond acceptors (Lipinski definition) is 4. The Morgan fingerprint density at radius 1 is 1.00 bits per heavy atom. The topological polar surface area (TPSA) is 75.1 Å². The van der Waals surface area contributed by atoms with Crippen molar-refractivity contribution in [2.45, 2.75) is 39.3 Å². The Labute approximate surface area is 222 Å². The molecule has 1 amide bonds. The molecule has 2 atom stereocenters. The molecule has 188 valence electrons. The highest BCUT2D eigenvalue weighted by atomic mass is 32.1. The highest BCUT2D eigenvalue weighted by Crippen LogP contribution is 2.41. The van der Waals surface area contributed by atoms with Gasteiger partial charge in [-0.2, -0.15) is 0 Å². The first-order chi connectivity index (χ1) is 17.9. The van der Waals surface area contributed by atoms with Gasteiger partial charge in [-0.15, -0.1) is 0 Å². The number of thiocarbonyl (C=S) groups is 1. The lowest BCUT2D eigenvalue weighted by atomic mass is 9.96. The van der Waals surface area contributed by atoms with Gasteiger partial charge in [0.05, 0.1) is 17.8 Å². The molecule has 8 heteroatoms. The number of aryl methyl sites for hydroxylation is 2. The standard InChI is InChI=1S/C29H30N6OS/c1-19-10-4-5-11-23(19)32-26(36)14-17-34-28(27(33-29(34)37)24-12-6-8-15-30-24)22-18-20(2)35(21(22)3)25-13-7-9-16-31-25/h4-13,15-16,18,27-28H,14,17H2,1-3H3,(H,32,36)(H,33,37). The molecule has 1 saturated heterocycles. The molecule has 0 radical (unpaired) electrons. The number of nitrogens with one attached hydrogen (secondary N) is 2. The van der Waals surface area contributed by atoms with Crippen molar-refractivity contribution in [3.63, 3.8) is 0 Å². The van der Waals surface area contributed by atoms with Crippen LogP contribution >= 0.6 is 12.2 Å². The molecule has 1 aromatic carbocycles. The van der Waals surface area contributed by atoms with Gasteiger partial charge in [-0.25, -0.2) is 4.98 Å². The normalized spacial score (nSPS) is 17.1. The Morgan fingerprint density at radius 3 is 2.43 bits per heavy atom. The van der Waals surface area contributed by atoms with E-state index in [1.165, 1.54) is 0 Å². The lowest BCUT2D eigenvalue weighted by molar-refractivity contribution is -0.116. The second-order valence-electron chi connectivity index (χ2n) is 9.28. The number of pyridine rings is 2. The Hall–Kier alpha value is -4.04. The molecule has 1 aliphatic rings. The predicted molar refractivity (Wildman–Crippen MR) is 150 cm³/mol. The number of rotatable bonds is 7. The largest absolute Gasteiger partial charge is 0.352 e. The molecular formula is C29H30N6OS. The fraction of sp³-hybridized carbons (Fsp3) is 0.241. The minimum absolute atomic E-state index is 0.0453. The molecule has 0 spiro atoms. The van der Waals surface area contributed by atoms with Crippen LogP contribution in [-0.4, -0.2) is 37.0 Å². The van der Waals surface area contributed by atoms with Crippen molar-refractivity contribution < 1.29 is 4.79 Å². The highest BCUT2D eigenvalue weighted by Gasteiger charge is 2.41. The van der Waals surface area contributed by atoms with Gasteiger partial charge in [-0.05, 0) is 80.5 Å². The molecule has 0 bridgehead atoms. The summed E-state index contributed by atoms with van der Waals surface area (Å²) in [5.41, 5.74) is 6.07. The van der Waals surface area contributed by atoms with Crippen LogP contribution in [0.25, 0.3) is 5.82 Å². The van der Waals surface area contributed by atoms with Crippen molar-refractivity contribution in [1.82, 2.24) is 24.8 Å². The Bertz CT molecular complexity index is 1420. The second-order valence-corrected chi connectivity index (χ2v) is 9.67. The minimum atomic E-state index is -0.147. The summed E-state index contributed by atoms with van der Waals surface area (Å²) in [6.07, 6.45) is 3.91. The fourth-order valence-electron chi connectivity index (χ4n) is 5.06. The van der Waals surface area contributed by atoms with E-state index in [1.807, 2.05) is 67.6 Å². The number of para-hydroxylation sites is 1. The lowest BCUT2D eigenvalue weighted by Gasteiger charge is -2.28. The second kappa shape index (κ2) is 10.5. The summed E-state index contributed by atoms with van der Waals surface area (Å²) in [5, 5.41) is 7.14. The van der Waals surface area contributed by atoms with Gasteiger partial charge in [0.2, 0.25) is 5.91 Å². The van der Waals surface area contributed by atoms with E-state index in [0.717, 1.165) is 39.7 Å². The van der Waals surface area contributed by atoms with Crippen LogP contribution in [-0.2, 0) is 4.79 Å². The molecule has 4 aromatic rings. The van der Waals surface area contributed by atoms with Crippen LogP contribution in [0.15, 0.2) is 79.1 Å². The summed E-state index contributed by atoms with van der Waals surface area (Å²) in [6.45, 7) is 6.66. The molecule has 2 N–H and O–H groups in total. The number of aromatic nitrogens is 3. The predicted octanol–water partition coefficient (Wildman–Crippen LogP) is 5.19. The number of anilines is 1. The monoisotopic (exact) mass is 510 g/mol. The SMILES string of the molecule is Cc1ccccc1NC(=O)CCN1C(=S)NC(c2ccccn2)C1c1cc(C)n(-c2ccccn2)c1C. The molecular weight excluding hydrogens is 480 g/mol. The van der Waals surface area contributed by atoms with Crippen molar-refractivity contribution in [3.8, 4) is 5.82 Å². The number of carbonyl (C=O) groups excluding carboxylic acids is 1. The summed E-state index contributed by atoms with van der Waals surface area (Å²) >= 11 is 5.81. The van der Waals surface area contributed by atoms with Crippen molar-refractivity contribution in [3.05, 3.63) is 107 Å². The third-order valence-corrected chi connectivity index (χ3v) is 7.22. The van der Waals surface area contributed by atoms with E-state index in [4.69, 9.17) is 12.2 Å². The first-order valence-corrected chi connectivity index (χ1v) is 12.8. The zero-order valence-electron chi connectivity index (χ0n) is 21.2. The van der Waals surface area contributed by atoms with Crippen LogP contribution in [0.5, 0.6) is 0 Å². The molecule has 37 heavy (non-hydrogen) atoms. The number of hydrogen-bond donors (Lipinski definition) is 2. The first kappa shape index (κ1) is 24.6. The van der Waals surface area contributed by atoms with E-state index in [-0.39, 0.29) is 18.0 Å². The van der Waals surface area contributed by atoms with Crippen molar-refractivity contribution in [1.29, 1.82) is 0 Å². The summed E-state index contributed by atoms with van der Waals surface area (Å²) < 4.78 is 2.16. The highest BCUT2D eigenvalue weighted by molar-refractivity contribution is 7.80. The number of benzene rings is 1. The number of carbonyl (C=O) groups is 1. The molecule has 4 heterocycles. The molecule has 0 aliphatic carbocycles. The average molecular weight is 511 g/mol. The van der Waals surface area contributed by atoms with Gasteiger partial charge in [-0.3, -0.25) is 9.78 Å². The van der Waals surface area contributed by atoms with Gasteiger partial charge in [0.25, 0.3) is 0 Å². The summed E-state index contributed by atoms with van der Waals surface area (Å²) in [7, 11) is 0. The van der Waals surface area contributed by atoms with E-state index in [2.05, 4.69) is 50.0 Å². The van der Waals surface area contributed by atoms with Crippen LogP contribution < -0.4 is 10.6 Å². The third-order valence-electron chi connectivity index (χ3n) is 6.86. The first-order valence-electron chi connectivity index (χ1n) is 12.4. The zero-order chi connectivity index (χ0) is 25.9. The molecule has 3 aromatic heterocycles. The Balaban J connectivity index is 1.47. The van der Waals surface area contributed by atoms with Crippen LogP contribution in [0.1, 0.15) is 46.7 Å². The van der Waals surface area contributed by atoms with Gasteiger partial charge < -0.3 is 20.1 Å². The van der Waals surface area contributed by atoms with E-state index < -0.39 is 0 Å². The fourth-order valence-corrected chi connectivity index (χ4v) is 5.39. The molecule has 1 aliphatic heterocycles. The van der Waals surface area contributed by atoms with E-state index in [0.29, 0.717) is 18.1 Å². The molecule has 7 nitrogen and oxygen atoms in total. The number of amides is 1. The van der Waals surface area contributed by atoms with Crippen LogP contribution in [0, 0.1) is 20.8 Å². The van der Waals surface area contributed by atoms with Crippen LogP contribution in [0.2, 0.25) is 0 Å². The maximum atomic E-state index is 12.9. The molecule has 2 unspecified atom stereocenters. The summed E-state index contributed by atoms with van der Waals surface area (Å²) in [6, 6.07) is 21.5. The summed E-state index contributed by atoms with van der Waals surface area (Å²) in [5.74, 6) is 0.826.